The van der Waals surface area contributed by atoms with Gasteiger partial charge >= 0.3 is 0 Å². The van der Waals surface area contributed by atoms with Crippen molar-refractivity contribution in [2.24, 2.45) is 4.99 Å². The quantitative estimate of drug-likeness (QED) is 0.476. The Hall–Kier alpha value is -1.54. The summed E-state index contributed by atoms with van der Waals surface area (Å²) in [5, 5.41) is 0. The summed E-state index contributed by atoms with van der Waals surface area (Å²) in [5.41, 5.74) is 0.580. The molecule has 1 saturated carbocycles. The van der Waals surface area contributed by atoms with Gasteiger partial charge in [0, 0.05) is 18.0 Å². The van der Waals surface area contributed by atoms with Crippen molar-refractivity contribution in [1.29, 1.82) is 0 Å². The fourth-order valence-corrected chi connectivity index (χ4v) is 1.21. The first-order valence-corrected chi connectivity index (χ1v) is 3.72. The van der Waals surface area contributed by atoms with E-state index >= 15 is 0 Å². The molecule has 1 aliphatic carbocycles. The van der Waals surface area contributed by atoms with Crippen molar-refractivity contribution >= 4 is 6.08 Å². The van der Waals surface area contributed by atoms with Crippen molar-refractivity contribution in [2.45, 2.75) is 18.4 Å². The number of hydrogen-bond donors (Lipinski definition) is 0. The Morgan fingerprint density at radius 1 is 1.42 bits per heavy atom. The number of aromatic nitrogens is 2. The Morgan fingerprint density at radius 2 is 2.08 bits per heavy atom. The molecule has 2 rings (SSSR count). The first-order chi connectivity index (χ1) is 5.87. The smallest absolute Gasteiger partial charge is 0.235 e. The monoisotopic (exact) mass is 161 g/mol. The maximum Gasteiger partial charge on any atom is 0.235 e. The van der Waals surface area contributed by atoms with Crippen molar-refractivity contribution in [3.63, 3.8) is 0 Å². The molecular formula is C8H7N3O. The van der Waals surface area contributed by atoms with Crippen LogP contribution in [0.1, 0.15) is 18.4 Å². The van der Waals surface area contributed by atoms with Gasteiger partial charge in [0.2, 0.25) is 6.08 Å². The second-order valence-corrected chi connectivity index (χ2v) is 2.86. The van der Waals surface area contributed by atoms with Crippen LogP contribution in [0.5, 0.6) is 0 Å². The lowest BCUT2D eigenvalue weighted by molar-refractivity contribution is 0.556. The third kappa shape index (κ3) is 1.02. The number of rotatable bonds is 2. The van der Waals surface area contributed by atoms with Crippen molar-refractivity contribution in [3.8, 4) is 0 Å². The van der Waals surface area contributed by atoms with Gasteiger partial charge < -0.3 is 0 Å². The summed E-state index contributed by atoms with van der Waals surface area (Å²) in [6, 6.07) is 0. The minimum atomic E-state index is -0.330. The number of hydrogen-bond acceptors (Lipinski definition) is 4. The van der Waals surface area contributed by atoms with E-state index in [1.807, 2.05) is 0 Å². The van der Waals surface area contributed by atoms with Crippen LogP contribution in [-0.2, 0) is 10.3 Å². The highest BCUT2D eigenvalue weighted by Gasteiger charge is 2.45. The molecule has 0 amide bonds. The first kappa shape index (κ1) is 7.13. The van der Waals surface area contributed by atoms with Crippen LogP contribution in [0.15, 0.2) is 23.7 Å². The molecule has 1 aromatic rings. The predicted molar refractivity (Wildman–Crippen MR) is 41.1 cm³/mol. The first-order valence-electron chi connectivity index (χ1n) is 3.72. The minimum Gasteiger partial charge on any atom is -0.244 e. The van der Waals surface area contributed by atoms with Gasteiger partial charge in [-0.15, -0.1) is 0 Å². The zero-order valence-corrected chi connectivity index (χ0v) is 6.40. The van der Waals surface area contributed by atoms with Gasteiger partial charge in [-0.25, -0.2) is 14.8 Å². The normalized spacial score (nSPS) is 18.0. The summed E-state index contributed by atoms with van der Waals surface area (Å²) in [7, 11) is 0. The van der Waals surface area contributed by atoms with Gasteiger partial charge in [-0.3, -0.25) is 0 Å². The lowest BCUT2D eigenvalue weighted by atomic mass is 10.1. The highest BCUT2D eigenvalue weighted by atomic mass is 16.1. The standard InChI is InChI=1S/C8H7N3O/c12-6-11-8(1-2-8)7-3-9-5-10-4-7/h3-5H,1-2H2. The Kier molecular flexibility index (Phi) is 1.48. The van der Waals surface area contributed by atoms with Crippen LogP contribution in [0.4, 0.5) is 0 Å². The molecule has 1 fully saturated rings. The summed E-state index contributed by atoms with van der Waals surface area (Å²) < 4.78 is 0. The summed E-state index contributed by atoms with van der Waals surface area (Å²) in [6.45, 7) is 0. The molecule has 0 radical (unpaired) electrons. The number of nitrogens with zero attached hydrogens (tertiary/aromatic N) is 3. The van der Waals surface area contributed by atoms with Crippen molar-refractivity contribution in [1.82, 2.24) is 9.97 Å². The second kappa shape index (κ2) is 2.50. The van der Waals surface area contributed by atoms with Crippen LogP contribution in [0.25, 0.3) is 0 Å². The number of carbonyl (C=O) groups excluding carboxylic acids is 1. The molecule has 4 heteroatoms. The molecule has 1 aliphatic rings. The van der Waals surface area contributed by atoms with Gasteiger partial charge in [0.05, 0.1) is 0 Å². The average Bonchev–Trinajstić information content (AvgIpc) is 2.88. The average molecular weight is 161 g/mol. The molecule has 12 heavy (non-hydrogen) atoms. The van der Waals surface area contributed by atoms with Crippen molar-refractivity contribution in [2.75, 3.05) is 0 Å². The summed E-state index contributed by atoms with van der Waals surface area (Å²) in [5.74, 6) is 0. The van der Waals surface area contributed by atoms with Crippen molar-refractivity contribution in [3.05, 3.63) is 24.3 Å². The Bertz CT molecular complexity index is 325. The van der Waals surface area contributed by atoms with Gasteiger partial charge in [-0.2, -0.15) is 4.99 Å². The topological polar surface area (TPSA) is 55.2 Å². The van der Waals surface area contributed by atoms with E-state index < -0.39 is 0 Å². The molecule has 1 heterocycles. The molecule has 0 aromatic carbocycles. The summed E-state index contributed by atoms with van der Waals surface area (Å²) in [4.78, 5) is 21.6. The van der Waals surface area contributed by atoms with Gasteiger partial charge in [0.25, 0.3) is 0 Å². The van der Waals surface area contributed by atoms with E-state index in [-0.39, 0.29) is 5.54 Å². The molecule has 60 valence electrons. The van der Waals surface area contributed by atoms with E-state index in [1.54, 1.807) is 18.5 Å². The molecule has 0 atom stereocenters. The van der Waals surface area contributed by atoms with Gasteiger partial charge in [0.1, 0.15) is 11.9 Å². The molecule has 0 bridgehead atoms. The largest absolute Gasteiger partial charge is 0.244 e. The molecule has 4 nitrogen and oxygen atoms in total. The SMILES string of the molecule is O=C=NC1(c2cncnc2)CC1. The molecule has 0 spiro atoms. The Balaban J connectivity index is 2.37. The van der Waals surface area contributed by atoms with Gasteiger partial charge in [-0.1, -0.05) is 0 Å². The van der Waals surface area contributed by atoms with E-state index in [0.29, 0.717) is 0 Å². The predicted octanol–water partition coefficient (Wildman–Crippen LogP) is 0.801. The zero-order chi connectivity index (χ0) is 8.44. The molecule has 0 N–H and O–H groups in total. The van der Waals surface area contributed by atoms with Crippen molar-refractivity contribution < 1.29 is 4.79 Å². The Labute approximate surface area is 69.4 Å². The molecular weight excluding hydrogens is 154 g/mol. The molecule has 0 unspecified atom stereocenters. The van der Waals surface area contributed by atoms with Crippen LogP contribution in [0.3, 0.4) is 0 Å². The van der Waals surface area contributed by atoms with Crippen LogP contribution in [0.2, 0.25) is 0 Å². The highest BCUT2D eigenvalue weighted by Crippen LogP contribution is 2.48. The van der Waals surface area contributed by atoms with Crippen LogP contribution >= 0.6 is 0 Å². The fourth-order valence-electron chi connectivity index (χ4n) is 1.21. The number of isocyanates is 1. The van der Waals surface area contributed by atoms with Crippen LogP contribution in [0, 0.1) is 0 Å². The van der Waals surface area contributed by atoms with Gasteiger partial charge in [0.15, 0.2) is 0 Å². The summed E-state index contributed by atoms with van der Waals surface area (Å²) >= 11 is 0. The Morgan fingerprint density at radius 3 is 2.58 bits per heavy atom. The van der Waals surface area contributed by atoms with E-state index in [9.17, 15) is 4.79 Å². The molecule has 0 saturated heterocycles. The third-order valence-electron chi connectivity index (χ3n) is 2.08. The highest BCUT2D eigenvalue weighted by molar-refractivity contribution is 5.39. The second-order valence-electron chi connectivity index (χ2n) is 2.86. The van der Waals surface area contributed by atoms with Crippen LogP contribution in [-0.4, -0.2) is 16.0 Å². The lowest BCUT2D eigenvalue weighted by Gasteiger charge is -2.04. The minimum absolute atomic E-state index is 0.330. The van der Waals surface area contributed by atoms with E-state index in [0.717, 1.165) is 18.4 Å². The van der Waals surface area contributed by atoms with E-state index in [2.05, 4.69) is 15.0 Å². The maximum absolute atomic E-state index is 10.1. The molecule has 1 aromatic heterocycles. The number of aliphatic imine (C=N–C) groups is 1. The molecule has 0 aliphatic heterocycles. The van der Waals surface area contributed by atoms with Gasteiger partial charge in [-0.05, 0) is 12.8 Å². The van der Waals surface area contributed by atoms with E-state index in [4.69, 9.17) is 0 Å². The fraction of sp³-hybridized carbons (Fsp3) is 0.375. The zero-order valence-electron chi connectivity index (χ0n) is 6.40. The third-order valence-corrected chi connectivity index (χ3v) is 2.08. The van der Waals surface area contributed by atoms with E-state index in [1.165, 1.54) is 6.33 Å². The maximum atomic E-state index is 10.1. The lowest BCUT2D eigenvalue weighted by Crippen LogP contribution is -2.02. The van der Waals surface area contributed by atoms with Crippen LogP contribution < -0.4 is 0 Å². The summed E-state index contributed by atoms with van der Waals surface area (Å²) in [6.07, 6.45) is 8.24.